The third kappa shape index (κ3) is 7.08. The van der Waals surface area contributed by atoms with Crippen LogP contribution >= 0.6 is 0 Å². The van der Waals surface area contributed by atoms with Gasteiger partial charge >= 0.3 is 0 Å². The zero-order valence-electron chi connectivity index (χ0n) is 22.7. The van der Waals surface area contributed by atoms with Crippen LogP contribution in [0.4, 0.5) is 5.69 Å². The fourth-order valence-corrected chi connectivity index (χ4v) is 5.63. The summed E-state index contributed by atoms with van der Waals surface area (Å²) in [6.07, 6.45) is 0.336. The molecule has 10 heteroatoms. The number of likely N-dealkylation sites (N-methyl/N-ethyl adjacent to an activating group) is 1. The first-order valence-corrected chi connectivity index (χ1v) is 14.1. The Morgan fingerprint density at radius 2 is 1.56 bits per heavy atom. The molecule has 3 rings (SSSR count). The third-order valence-electron chi connectivity index (χ3n) is 6.19. The summed E-state index contributed by atoms with van der Waals surface area (Å²) in [6, 6.07) is 20.9. The first kappa shape index (κ1) is 29.5. The highest BCUT2D eigenvalue weighted by atomic mass is 32.2. The molecule has 0 aliphatic rings. The Hall–Kier alpha value is -4.05. The van der Waals surface area contributed by atoms with E-state index >= 15 is 0 Å². The molecule has 39 heavy (non-hydrogen) atoms. The van der Waals surface area contributed by atoms with Gasteiger partial charge in [0.05, 0.1) is 24.3 Å². The van der Waals surface area contributed by atoms with Crippen LogP contribution in [0.3, 0.4) is 0 Å². The topological polar surface area (TPSA) is 105 Å². The number of amides is 2. The standard InChI is InChI=1S/C29H35N3O6S/c1-5-25(29(34)30-3)31(20-22-16-18-23(37-4)19-17-22)28(33)21-32(26-14-10-11-15-27(26)38-6-2)39(35,36)24-12-8-7-9-13-24/h7-19,25H,5-6,20-21H2,1-4H3,(H,30,34). The maximum absolute atomic E-state index is 14.0. The molecule has 0 aliphatic heterocycles. The lowest BCUT2D eigenvalue weighted by molar-refractivity contribution is -0.140. The van der Waals surface area contributed by atoms with Crippen molar-refractivity contribution in [3.8, 4) is 11.5 Å². The summed E-state index contributed by atoms with van der Waals surface area (Å²) >= 11 is 0. The molecule has 0 spiro atoms. The average Bonchev–Trinajstić information content (AvgIpc) is 2.96. The van der Waals surface area contributed by atoms with E-state index in [4.69, 9.17) is 9.47 Å². The molecule has 0 bridgehead atoms. The van der Waals surface area contributed by atoms with E-state index in [2.05, 4.69) is 5.32 Å². The van der Waals surface area contributed by atoms with Crippen LogP contribution in [0.15, 0.2) is 83.8 Å². The van der Waals surface area contributed by atoms with Crippen molar-refractivity contribution in [2.24, 2.45) is 0 Å². The number of nitrogens with zero attached hydrogens (tertiary/aromatic N) is 2. The summed E-state index contributed by atoms with van der Waals surface area (Å²) in [4.78, 5) is 28.3. The Balaban J connectivity index is 2.08. The summed E-state index contributed by atoms with van der Waals surface area (Å²) in [5.41, 5.74) is 0.993. The van der Waals surface area contributed by atoms with Gasteiger partial charge in [-0.3, -0.25) is 13.9 Å². The van der Waals surface area contributed by atoms with Gasteiger partial charge in [-0.25, -0.2) is 8.42 Å². The van der Waals surface area contributed by atoms with E-state index in [0.717, 1.165) is 9.87 Å². The van der Waals surface area contributed by atoms with E-state index in [1.165, 1.54) is 24.1 Å². The molecule has 0 aliphatic carbocycles. The van der Waals surface area contributed by atoms with Gasteiger partial charge in [-0.2, -0.15) is 0 Å². The Kier molecular flexibility index (Phi) is 10.3. The number of para-hydroxylation sites is 2. The van der Waals surface area contributed by atoms with E-state index in [0.29, 0.717) is 24.5 Å². The fourth-order valence-electron chi connectivity index (χ4n) is 4.19. The highest BCUT2D eigenvalue weighted by Crippen LogP contribution is 2.33. The normalized spacial score (nSPS) is 11.8. The van der Waals surface area contributed by atoms with Crippen molar-refractivity contribution in [1.82, 2.24) is 10.2 Å². The molecule has 0 fully saturated rings. The highest BCUT2D eigenvalue weighted by molar-refractivity contribution is 7.92. The monoisotopic (exact) mass is 553 g/mol. The minimum Gasteiger partial charge on any atom is -0.497 e. The number of benzene rings is 3. The van der Waals surface area contributed by atoms with Gasteiger partial charge in [0.25, 0.3) is 10.0 Å². The van der Waals surface area contributed by atoms with Crippen molar-refractivity contribution in [2.45, 2.75) is 37.8 Å². The summed E-state index contributed by atoms with van der Waals surface area (Å²) < 4.78 is 39.8. The molecule has 1 unspecified atom stereocenters. The lowest BCUT2D eigenvalue weighted by Crippen LogP contribution is -2.51. The number of carbonyl (C=O) groups is 2. The summed E-state index contributed by atoms with van der Waals surface area (Å²) in [5, 5.41) is 2.62. The molecule has 1 atom stereocenters. The minimum atomic E-state index is -4.17. The van der Waals surface area contributed by atoms with Crippen molar-refractivity contribution in [3.63, 3.8) is 0 Å². The molecule has 0 radical (unpaired) electrons. The third-order valence-corrected chi connectivity index (χ3v) is 7.96. The first-order valence-electron chi connectivity index (χ1n) is 12.7. The van der Waals surface area contributed by atoms with Crippen molar-refractivity contribution in [1.29, 1.82) is 0 Å². The second-order valence-corrected chi connectivity index (χ2v) is 10.5. The molecule has 208 valence electrons. The molecule has 2 amide bonds. The lowest BCUT2D eigenvalue weighted by Gasteiger charge is -2.33. The van der Waals surface area contributed by atoms with Crippen LogP contribution in [-0.4, -0.2) is 58.5 Å². The number of rotatable bonds is 13. The van der Waals surface area contributed by atoms with Crippen molar-refractivity contribution in [2.75, 3.05) is 31.6 Å². The zero-order chi connectivity index (χ0) is 28.4. The van der Waals surface area contributed by atoms with Crippen molar-refractivity contribution < 1.29 is 27.5 Å². The molecule has 0 heterocycles. The molecule has 1 N–H and O–H groups in total. The van der Waals surface area contributed by atoms with Gasteiger partial charge in [0, 0.05) is 13.6 Å². The number of nitrogens with one attached hydrogen (secondary N) is 1. The number of hydrogen-bond acceptors (Lipinski definition) is 6. The average molecular weight is 554 g/mol. The van der Waals surface area contributed by atoms with Gasteiger partial charge in [-0.05, 0) is 55.3 Å². The predicted molar refractivity (Wildman–Crippen MR) is 150 cm³/mol. The highest BCUT2D eigenvalue weighted by Gasteiger charge is 2.34. The maximum Gasteiger partial charge on any atom is 0.264 e. The number of hydrogen-bond donors (Lipinski definition) is 1. The van der Waals surface area contributed by atoms with Crippen LogP contribution in [-0.2, 0) is 26.2 Å². The quantitative estimate of drug-likeness (QED) is 0.345. The Morgan fingerprint density at radius 1 is 0.923 bits per heavy atom. The van der Waals surface area contributed by atoms with Crippen LogP contribution in [0.2, 0.25) is 0 Å². The van der Waals surface area contributed by atoms with Crippen LogP contribution in [0.5, 0.6) is 11.5 Å². The van der Waals surface area contributed by atoms with E-state index in [9.17, 15) is 18.0 Å². The van der Waals surface area contributed by atoms with Gasteiger partial charge in [0.1, 0.15) is 24.1 Å². The van der Waals surface area contributed by atoms with Crippen LogP contribution < -0.4 is 19.1 Å². The predicted octanol–water partition coefficient (Wildman–Crippen LogP) is 3.84. The number of sulfonamides is 1. The van der Waals surface area contributed by atoms with E-state index < -0.39 is 28.5 Å². The fraction of sp³-hybridized carbons (Fsp3) is 0.310. The molecule has 3 aromatic rings. The van der Waals surface area contributed by atoms with E-state index in [1.807, 2.05) is 0 Å². The molecule has 0 saturated carbocycles. The molecule has 0 aromatic heterocycles. The largest absolute Gasteiger partial charge is 0.497 e. The van der Waals surface area contributed by atoms with E-state index in [1.54, 1.807) is 87.7 Å². The Morgan fingerprint density at radius 3 is 2.15 bits per heavy atom. The van der Waals surface area contributed by atoms with Gasteiger partial charge in [0.15, 0.2) is 0 Å². The smallest absolute Gasteiger partial charge is 0.264 e. The molecule has 9 nitrogen and oxygen atoms in total. The zero-order valence-corrected chi connectivity index (χ0v) is 23.5. The number of methoxy groups -OCH3 is 1. The van der Waals surface area contributed by atoms with Gasteiger partial charge in [-0.1, -0.05) is 49.4 Å². The van der Waals surface area contributed by atoms with Crippen molar-refractivity contribution >= 4 is 27.5 Å². The Labute approximate surface area is 230 Å². The van der Waals surface area contributed by atoms with Gasteiger partial charge in [-0.15, -0.1) is 0 Å². The molecule has 0 saturated heterocycles. The first-order chi connectivity index (χ1) is 18.8. The summed E-state index contributed by atoms with van der Waals surface area (Å²) in [6.45, 7) is 3.47. The molecular weight excluding hydrogens is 518 g/mol. The second kappa shape index (κ2) is 13.7. The van der Waals surface area contributed by atoms with Crippen LogP contribution in [0, 0.1) is 0 Å². The number of anilines is 1. The van der Waals surface area contributed by atoms with E-state index in [-0.39, 0.29) is 23.0 Å². The lowest BCUT2D eigenvalue weighted by atomic mass is 10.1. The summed E-state index contributed by atoms with van der Waals surface area (Å²) in [5.74, 6) is 0.105. The van der Waals surface area contributed by atoms with Gasteiger partial charge < -0.3 is 19.7 Å². The SMILES string of the molecule is CCOc1ccccc1N(CC(=O)N(Cc1ccc(OC)cc1)C(CC)C(=O)NC)S(=O)(=O)c1ccccc1. The minimum absolute atomic E-state index is 0.0316. The van der Waals surface area contributed by atoms with Crippen LogP contribution in [0.25, 0.3) is 0 Å². The molecular formula is C29H35N3O6S. The summed E-state index contributed by atoms with van der Waals surface area (Å²) in [7, 11) is -1.11. The van der Waals surface area contributed by atoms with Gasteiger partial charge in [0.2, 0.25) is 11.8 Å². The number of carbonyl (C=O) groups excluding carboxylic acids is 2. The van der Waals surface area contributed by atoms with Crippen LogP contribution in [0.1, 0.15) is 25.8 Å². The maximum atomic E-state index is 14.0. The Bertz CT molecular complexity index is 1350. The second-order valence-electron chi connectivity index (χ2n) is 8.63. The van der Waals surface area contributed by atoms with Crippen molar-refractivity contribution in [3.05, 3.63) is 84.4 Å². The molecule has 3 aromatic carbocycles. The number of ether oxygens (including phenoxy) is 2.